The molecule has 0 spiro atoms. The molecule has 0 aliphatic carbocycles. The maximum atomic E-state index is 12.6. The van der Waals surface area contributed by atoms with Crippen molar-refractivity contribution in [2.24, 2.45) is 0 Å². The number of nitrogens with one attached hydrogen (secondary N) is 1. The van der Waals surface area contributed by atoms with E-state index in [-0.39, 0.29) is 24.1 Å². The van der Waals surface area contributed by atoms with E-state index in [0.717, 1.165) is 5.56 Å². The van der Waals surface area contributed by atoms with Crippen molar-refractivity contribution in [3.05, 3.63) is 83.6 Å². The molecule has 0 unspecified atom stereocenters. The van der Waals surface area contributed by atoms with Gasteiger partial charge in [0, 0.05) is 17.8 Å². The third-order valence-electron chi connectivity index (χ3n) is 4.76. The average Bonchev–Trinajstić information content (AvgIpc) is 3.12. The summed E-state index contributed by atoms with van der Waals surface area (Å²) in [5.74, 6) is 1.79. The molecule has 162 valence electrons. The van der Waals surface area contributed by atoms with E-state index in [0.29, 0.717) is 34.2 Å². The Kier molecular flexibility index (Phi) is 6.07. The first-order chi connectivity index (χ1) is 15.6. The summed E-state index contributed by atoms with van der Waals surface area (Å²) in [4.78, 5) is 24.8. The van der Waals surface area contributed by atoms with E-state index >= 15 is 0 Å². The second kappa shape index (κ2) is 9.26. The van der Waals surface area contributed by atoms with E-state index in [1.54, 1.807) is 62.8 Å². The Morgan fingerprint density at radius 1 is 0.938 bits per heavy atom. The van der Waals surface area contributed by atoms with Gasteiger partial charge in [-0.25, -0.2) is 0 Å². The Morgan fingerprint density at radius 3 is 2.47 bits per heavy atom. The number of fused-ring (bicyclic) bond motifs is 1. The van der Waals surface area contributed by atoms with Crippen molar-refractivity contribution in [2.75, 3.05) is 26.1 Å². The molecule has 0 saturated carbocycles. The molecule has 7 heteroatoms. The Hall–Kier alpha value is -4.26. The second-order valence-electron chi connectivity index (χ2n) is 6.94. The number of carbonyl (C=O) groups is 2. The average molecular weight is 431 g/mol. The smallest absolute Gasteiger partial charge is 0.262 e. The molecule has 0 radical (unpaired) electrons. The maximum Gasteiger partial charge on any atom is 0.262 e. The molecule has 0 bridgehead atoms. The standard InChI is InChI=1S/C25H21NO6/c1-29-18-7-3-5-16(11-18)12-23-25(28)21-10-9-20(14-22(21)32-23)31-15-24(27)26-17-6-4-8-19(13-17)30-2/h3-14H,15H2,1-2H3,(H,26,27). The summed E-state index contributed by atoms with van der Waals surface area (Å²) < 4.78 is 21.7. The van der Waals surface area contributed by atoms with Crippen LogP contribution in [-0.2, 0) is 4.79 Å². The van der Waals surface area contributed by atoms with Crippen molar-refractivity contribution in [2.45, 2.75) is 0 Å². The molecule has 1 amide bonds. The van der Waals surface area contributed by atoms with Crippen molar-refractivity contribution in [3.8, 4) is 23.0 Å². The zero-order chi connectivity index (χ0) is 22.5. The SMILES string of the molecule is COc1cccc(C=C2Oc3cc(OCC(=O)Nc4cccc(OC)c4)ccc3C2=O)c1. The summed E-state index contributed by atoms with van der Waals surface area (Å²) in [6.45, 7) is -0.198. The summed E-state index contributed by atoms with van der Waals surface area (Å²) in [7, 11) is 3.14. The number of methoxy groups -OCH3 is 2. The number of hydrogen-bond donors (Lipinski definition) is 1. The van der Waals surface area contributed by atoms with Gasteiger partial charge in [0.25, 0.3) is 5.91 Å². The third-order valence-corrected chi connectivity index (χ3v) is 4.76. The van der Waals surface area contributed by atoms with Gasteiger partial charge in [-0.2, -0.15) is 0 Å². The highest BCUT2D eigenvalue weighted by molar-refractivity contribution is 6.14. The fourth-order valence-electron chi connectivity index (χ4n) is 3.19. The highest BCUT2D eigenvalue weighted by atomic mass is 16.5. The minimum Gasteiger partial charge on any atom is -0.497 e. The first kappa shape index (κ1) is 21.0. The molecule has 0 saturated heterocycles. The lowest BCUT2D eigenvalue weighted by Gasteiger charge is -2.09. The van der Waals surface area contributed by atoms with Crippen LogP contribution < -0.4 is 24.3 Å². The summed E-state index contributed by atoms with van der Waals surface area (Å²) in [5, 5.41) is 2.74. The van der Waals surface area contributed by atoms with Gasteiger partial charge in [-0.05, 0) is 48.0 Å². The Balaban J connectivity index is 1.41. The number of benzene rings is 3. The number of hydrogen-bond acceptors (Lipinski definition) is 6. The molecule has 4 rings (SSSR count). The van der Waals surface area contributed by atoms with Crippen LogP contribution >= 0.6 is 0 Å². The fraction of sp³-hybridized carbons (Fsp3) is 0.120. The number of amides is 1. The van der Waals surface area contributed by atoms with Gasteiger partial charge < -0.3 is 24.3 Å². The molecule has 32 heavy (non-hydrogen) atoms. The monoisotopic (exact) mass is 431 g/mol. The van der Waals surface area contributed by atoms with Gasteiger partial charge in [0.2, 0.25) is 5.78 Å². The molecular formula is C25H21NO6. The van der Waals surface area contributed by atoms with Crippen LogP contribution in [0.1, 0.15) is 15.9 Å². The van der Waals surface area contributed by atoms with E-state index in [2.05, 4.69) is 5.32 Å². The molecule has 7 nitrogen and oxygen atoms in total. The molecule has 0 fully saturated rings. The zero-order valence-electron chi connectivity index (χ0n) is 17.6. The Morgan fingerprint density at radius 2 is 1.69 bits per heavy atom. The van der Waals surface area contributed by atoms with Gasteiger partial charge in [-0.1, -0.05) is 18.2 Å². The van der Waals surface area contributed by atoms with E-state index < -0.39 is 0 Å². The van der Waals surface area contributed by atoms with Crippen molar-refractivity contribution < 1.29 is 28.5 Å². The Bertz CT molecular complexity index is 1200. The molecule has 3 aromatic carbocycles. The molecule has 1 aliphatic rings. The fourth-order valence-corrected chi connectivity index (χ4v) is 3.19. The largest absolute Gasteiger partial charge is 0.497 e. The number of ether oxygens (including phenoxy) is 4. The number of ketones is 1. The van der Waals surface area contributed by atoms with Crippen molar-refractivity contribution in [3.63, 3.8) is 0 Å². The predicted octanol–water partition coefficient (Wildman–Crippen LogP) is 4.34. The van der Waals surface area contributed by atoms with Gasteiger partial charge in [-0.3, -0.25) is 9.59 Å². The van der Waals surface area contributed by atoms with Gasteiger partial charge in [0.15, 0.2) is 12.4 Å². The quantitative estimate of drug-likeness (QED) is 0.561. The lowest BCUT2D eigenvalue weighted by Crippen LogP contribution is -2.20. The topological polar surface area (TPSA) is 83.1 Å². The third kappa shape index (κ3) is 4.73. The first-order valence-electron chi connectivity index (χ1n) is 9.85. The van der Waals surface area contributed by atoms with Crippen LogP contribution in [-0.4, -0.2) is 32.5 Å². The van der Waals surface area contributed by atoms with Gasteiger partial charge in [-0.15, -0.1) is 0 Å². The van der Waals surface area contributed by atoms with Gasteiger partial charge >= 0.3 is 0 Å². The minimum atomic E-state index is -0.325. The van der Waals surface area contributed by atoms with Gasteiger partial charge in [0.05, 0.1) is 19.8 Å². The molecular weight excluding hydrogens is 410 g/mol. The molecule has 1 N–H and O–H groups in total. The highest BCUT2D eigenvalue weighted by Gasteiger charge is 2.27. The lowest BCUT2D eigenvalue weighted by atomic mass is 10.1. The van der Waals surface area contributed by atoms with Crippen LogP contribution in [0.4, 0.5) is 5.69 Å². The van der Waals surface area contributed by atoms with E-state index in [1.807, 2.05) is 24.3 Å². The van der Waals surface area contributed by atoms with Crippen LogP contribution in [0.2, 0.25) is 0 Å². The summed E-state index contributed by atoms with van der Waals surface area (Å²) in [5.41, 5.74) is 1.83. The molecule has 0 aromatic heterocycles. The summed E-state index contributed by atoms with van der Waals surface area (Å²) >= 11 is 0. The number of Topliss-reactive ketones (excluding diaryl/α,β-unsaturated/α-hetero) is 1. The number of anilines is 1. The first-order valence-corrected chi connectivity index (χ1v) is 9.85. The second-order valence-corrected chi connectivity index (χ2v) is 6.94. The Labute approximate surface area is 185 Å². The summed E-state index contributed by atoms with van der Waals surface area (Å²) in [6, 6.07) is 19.2. The van der Waals surface area contributed by atoms with Crippen molar-refractivity contribution in [1.82, 2.24) is 0 Å². The maximum absolute atomic E-state index is 12.6. The van der Waals surface area contributed by atoms with Crippen LogP contribution in [0, 0.1) is 0 Å². The lowest BCUT2D eigenvalue weighted by molar-refractivity contribution is -0.118. The zero-order valence-corrected chi connectivity index (χ0v) is 17.6. The van der Waals surface area contributed by atoms with Crippen LogP contribution in [0.3, 0.4) is 0 Å². The van der Waals surface area contributed by atoms with E-state index in [4.69, 9.17) is 18.9 Å². The van der Waals surface area contributed by atoms with E-state index in [1.165, 1.54) is 0 Å². The minimum absolute atomic E-state index is 0.198. The van der Waals surface area contributed by atoms with E-state index in [9.17, 15) is 9.59 Å². The van der Waals surface area contributed by atoms with Crippen LogP contribution in [0.5, 0.6) is 23.0 Å². The van der Waals surface area contributed by atoms with Crippen molar-refractivity contribution >= 4 is 23.5 Å². The molecule has 1 heterocycles. The van der Waals surface area contributed by atoms with Crippen molar-refractivity contribution in [1.29, 1.82) is 0 Å². The predicted molar refractivity (Wildman–Crippen MR) is 119 cm³/mol. The highest BCUT2D eigenvalue weighted by Crippen LogP contribution is 2.35. The number of rotatable bonds is 7. The normalized spacial score (nSPS) is 13.3. The van der Waals surface area contributed by atoms with Crippen LogP contribution in [0.25, 0.3) is 6.08 Å². The van der Waals surface area contributed by atoms with Gasteiger partial charge in [0.1, 0.15) is 23.0 Å². The number of carbonyl (C=O) groups excluding carboxylic acids is 2. The molecule has 0 atom stereocenters. The molecule has 3 aromatic rings. The summed E-state index contributed by atoms with van der Waals surface area (Å²) in [6.07, 6.45) is 1.66. The van der Waals surface area contributed by atoms with Crippen LogP contribution in [0.15, 0.2) is 72.5 Å². The molecule has 1 aliphatic heterocycles. The number of allylic oxidation sites excluding steroid dienone is 1.